The van der Waals surface area contributed by atoms with Gasteiger partial charge in [-0.25, -0.2) is 0 Å². The highest BCUT2D eigenvalue weighted by Crippen LogP contribution is 2.40. The molecule has 0 atom stereocenters. The highest BCUT2D eigenvalue weighted by atomic mass is 28.3. The summed E-state index contributed by atoms with van der Waals surface area (Å²) < 4.78 is 2.50. The first-order chi connectivity index (χ1) is 35.4. The zero-order valence-corrected chi connectivity index (χ0v) is 41.3. The molecule has 338 valence electrons. The third-order valence-corrected chi connectivity index (χ3v) is 19.2. The average Bonchev–Trinajstić information content (AvgIpc) is 3.89. The second-order valence-electron chi connectivity index (χ2n) is 20.1. The number of hydrogen-bond donors (Lipinski definition) is 0. The molecule has 1 nitrogen and oxygen atoms in total. The van der Waals surface area contributed by atoms with Gasteiger partial charge in [0.05, 0.1) is 11.0 Å². The number of nitrogens with zero attached hydrogens (tertiary/aromatic N) is 1. The summed E-state index contributed by atoms with van der Waals surface area (Å²) in [6.45, 7) is 5.01. The van der Waals surface area contributed by atoms with Crippen molar-refractivity contribution in [3.05, 3.63) is 261 Å². The summed E-state index contributed by atoms with van der Waals surface area (Å²) in [7, 11) is -1.90. The van der Waals surface area contributed by atoms with Crippen LogP contribution in [-0.2, 0) is 0 Å². The Bertz CT molecular complexity index is 4020. The maximum absolute atomic E-state index is 2.51. The monoisotopic (exact) mass is 931 g/mol. The molecule has 1 aromatic heterocycles. The molecule has 0 N–H and O–H groups in total. The van der Waals surface area contributed by atoms with Crippen LogP contribution in [0.25, 0.3) is 127 Å². The molecule has 0 unspecified atom stereocenters. The smallest absolute Gasteiger partial charge is 0.113 e. The van der Waals surface area contributed by atoms with E-state index < -0.39 is 8.07 Å². The highest BCUT2D eigenvalue weighted by molar-refractivity contribution is 7.03. The van der Waals surface area contributed by atoms with E-state index in [1.54, 1.807) is 0 Å². The van der Waals surface area contributed by atoms with Gasteiger partial charge in [0.2, 0.25) is 0 Å². The van der Waals surface area contributed by atoms with E-state index in [4.69, 9.17) is 0 Å². The Morgan fingerprint density at radius 3 is 1.10 bits per heavy atom. The summed E-state index contributed by atoms with van der Waals surface area (Å²) in [5.41, 5.74) is 21.1. The number of fused-ring (bicyclic) bond motifs is 8. The van der Waals surface area contributed by atoms with Gasteiger partial charge < -0.3 is 4.57 Å². The molecule has 0 spiro atoms. The number of aromatic nitrogens is 1. The molecule has 0 bridgehead atoms. The third-order valence-electron chi connectivity index (χ3n) is 15.7. The maximum atomic E-state index is 2.51. The molecule has 14 rings (SSSR count). The number of hydrogen-bond acceptors (Lipinski definition) is 0. The highest BCUT2D eigenvalue weighted by Gasteiger charge is 2.37. The van der Waals surface area contributed by atoms with E-state index in [1.807, 2.05) is 0 Å². The van der Waals surface area contributed by atoms with Gasteiger partial charge in [0.15, 0.2) is 0 Å². The Morgan fingerprint density at radius 2 is 0.611 bits per heavy atom. The summed E-state index contributed by atoms with van der Waals surface area (Å²) in [5.74, 6) is 0. The first kappa shape index (κ1) is 42.1. The van der Waals surface area contributed by atoms with Gasteiger partial charge in [0.1, 0.15) is 8.07 Å². The van der Waals surface area contributed by atoms with E-state index in [0.29, 0.717) is 0 Å². The quantitative estimate of drug-likeness (QED) is 0.140. The van der Waals surface area contributed by atoms with Crippen LogP contribution in [0, 0.1) is 0 Å². The lowest BCUT2D eigenvalue weighted by Crippen LogP contribution is -2.49. The van der Waals surface area contributed by atoms with Gasteiger partial charge >= 0.3 is 0 Å². The van der Waals surface area contributed by atoms with E-state index in [9.17, 15) is 0 Å². The Hall–Kier alpha value is -8.82. The second kappa shape index (κ2) is 16.7. The van der Waals surface area contributed by atoms with Crippen LogP contribution in [0.4, 0.5) is 0 Å². The predicted molar refractivity (Wildman–Crippen MR) is 311 cm³/mol. The predicted octanol–water partition coefficient (Wildman–Crippen LogP) is 17.9. The molecular formula is C70H49NSi. The Balaban J connectivity index is 0.823. The Kier molecular flexibility index (Phi) is 9.74. The molecule has 2 heteroatoms. The number of benzene rings is 12. The van der Waals surface area contributed by atoms with Crippen LogP contribution in [0.3, 0.4) is 0 Å². The summed E-state index contributed by atoms with van der Waals surface area (Å²) in [6.07, 6.45) is 0. The van der Waals surface area contributed by atoms with Crippen LogP contribution >= 0.6 is 0 Å². The van der Waals surface area contributed by atoms with E-state index >= 15 is 0 Å². The van der Waals surface area contributed by atoms with Crippen molar-refractivity contribution < 1.29 is 0 Å². The first-order valence-corrected chi connectivity index (χ1v) is 28.1. The zero-order chi connectivity index (χ0) is 47.9. The van der Waals surface area contributed by atoms with Gasteiger partial charge in [-0.1, -0.05) is 238 Å². The molecule has 1 aliphatic heterocycles. The van der Waals surface area contributed by atoms with Crippen LogP contribution < -0.4 is 10.4 Å². The molecule has 0 radical (unpaired) electrons. The van der Waals surface area contributed by atoms with Crippen LogP contribution in [0.15, 0.2) is 261 Å². The van der Waals surface area contributed by atoms with Crippen LogP contribution in [0.2, 0.25) is 13.1 Å². The fourth-order valence-corrected chi connectivity index (χ4v) is 14.9. The second-order valence-corrected chi connectivity index (χ2v) is 24.4. The normalized spacial score (nSPS) is 12.7. The van der Waals surface area contributed by atoms with E-state index in [-0.39, 0.29) is 0 Å². The zero-order valence-electron chi connectivity index (χ0n) is 40.3. The third kappa shape index (κ3) is 6.90. The van der Waals surface area contributed by atoms with Crippen molar-refractivity contribution in [1.29, 1.82) is 0 Å². The molecule has 2 heterocycles. The summed E-state index contributed by atoms with van der Waals surface area (Å²) in [6, 6.07) is 97.0. The van der Waals surface area contributed by atoms with E-state index in [2.05, 4.69) is 279 Å². The molecular weight excluding hydrogens is 883 g/mol. The van der Waals surface area contributed by atoms with Gasteiger partial charge in [-0.2, -0.15) is 0 Å². The number of rotatable bonds is 7. The molecule has 12 aromatic carbocycles. The SMILES string of the molecule is C[Si]1(C)c2ccccc2-c2ccc(-n3c4ccc(-c5ccc(-c6ccc(-c7cccc8ccccc78)cc6)cc5)cc4c4cc(-c5ccc(-c6ccc(-c7cccc8ccccc78)cc6)cc5)ccc43)cc21. The lowest BCUT2D eigenvalue weighted by atomic mass is 9.95. The van der Waals surface area contributed by atoms with Crippen molar-refractivity contribution >= 4 is 61.8 Å². The average molecular weight is 932 g/mol. The molecule has 0 saturated carbocycles. The minimum absolute atomic E-state index is 1.20. The van der Waals surface area contributed by atoms with Crippen molar-refractivity contribution in [3.63, 3.8) is 0 Å². The van der Waals surface area contributed by atoms with E-state index in [0.717, 1.165) is 0 Å². The summed E-state index contributed by atoms with van der Waals surface area (Å²) in [5, 5.41) is 10.6. The standard InChI is InChI=1S/C70H49NSi/c1-72(2)69-20-8-7-17-63(69)64-40-39-58(45-70(64)72)71-67-41-37-56(50-25-21-46(22-26-50)48-29-33-54(34-30-48)61-18-9-13-52-11-3-5-15-59(52)61)43-65(67)66-44-57(38-42-68(66)71)51-27-23-47(24-28-51)49-31-35-55(36-32-49)62-19-10-14-53-12-4-6-16-60(53)62/h3-45H,1-2H3. The molecule has 0 aliphatic carbocycles. The van der Waals surface area contributed by atoms with E-state index in [1.165, 1.54) is 137 Å². The van der Waals surface area contributed by atoms with Crippen LogP contribution in [-0.4, -0.2) is 12.6 Å². The Morgan fingerprint density at radius 1 is 0.250 bits per heavy atom. The minimum Gasteiger partial charge on any atom is -0.309 e. The first-order valence-electron chi connectivity index (χ1n) is 25.1. The minimum atomic E-state index is -1.90. The van der Waals surface area contributed by atoms with Gasteiger partial charge in [0.25, 0.3) is 0 Å². The molecule has 0 fully saturated rings. The van der Waals surface area contributed by atoms with Gasteiger partial charge in [-0.3, -0.25) is 0 Å². The fourth-order valence-electron chi connectivity index (χ4n) is 11.8. The molecule has 1 aliphatic rings. The summed E-state index contributed by atoms with van der Waals surface area (Å²) in [4.78, 5) is 0. The molecule has 0 amide bonds. The lowest BCUT2D eigenvalue weighted by Gasteiger charge is -2.20. The van der Waals surface area contributed by atoms with Crippen molar-refractivity contribution in [2.24, 2.45) is 0 Å². The fraction of sp³-hybridized carbons (Fsp3) is 0.0286. The molecule has 13 aromatic rings. The van der Waals surface area contributed by atoms with Gasteiger partial charge in [-0.05, 0) is 146 Å². The van der Waals surface area contributed by atoms with Crippen molar-refractivity contribution in [2.45, 2.75) is 13.1 Å². The van der Waals surface area contributed by atoms with Crippen LogP contribution in [0.5, 0.6) is 0 Å². The maximum Gasteiger partial charge on any atom is 0.113 e. The van der Waals surface area contributed by atoms with Crippen molar-refractivity contribution in [1.82, 2.24) is 4.57 Å². The largest absolute Gasteiger partial charge is 0.309 e. The molecule has 0 saturated heterocycles. The summed E-state index contributed by atoms with van der Waals surface area (Å²) >= 11 is 0. The van der Waals surface area contributed by atoms with Crippen LogP contribution in [0.1, 0.15) is 0 Å². The lowest BCUT2D eigenvalue weighted by molar-refractivity contribution is 1.18. The van der Waals surface area contributed by atoms with Crippen molar-refractivity contribution in [3.8, 4) is 83.6 Å². The van der Waals surface area contributed by atoms with Gasteiger partial charge in [0, 0.05) is 16.5 Å². The van der Waals surface area contributed by atoms with Gasteiger partial charge in [-0.15, -0.1) is 0 Å². The van der Waals surface area contributed by atoms with Crippen molar-refractivity contribution in [2.75, 3.05) is 0 Å². The molecule has 72 heavy (non-hydrogen) atoms. The topological polar surface area (TPSA) is 4.93 Å². The Labute approximate surface area is 421 Å².